The van der Waals surface area contributed by atoms with Crippen LogP contribution in [0.25, 0.3) is 0 Å². The van der Waals surface area contributed by atoms with Gasteiger partial charge in [0.15, 0.2) is 5.82 Å². The Bertz CT molecular complexity index is 620. The molecule has 0 radical (unpaired) electrons. The summed E-state index contributed by atoms with van der Waals surface area (Å²) < 4.78 is 0. The third-order valence-corrected chi connectivity index (χ3v) is 2.06. The number of aryl methyl sites for hydroxylation is 1. The number of H-pyrrole nitrogens is 1. The van der Waals surface area contributed by atoms with Gasteiger partial charge in [0, 0.05) is 17.8 Å². The SMILES string of the molecule is Cc1cc(Nc2cc(C(=O)O)nc([N+](=O)[O-])n2)n[nH]1. The molecule has 3 N–H and O–H groups in total. The van der Waals surface area contributed by atoms with E-state index < -0.39 is 22.5 Å². The third-order valence-electron chi connectivity index (χ3n) is 2.06. The van der Waals surface area contributed by atoms with Crippen molar-refractivity contribution in [2.75, 3.05) is 5.32 Å². The van der Waals surface area contributed by atoms with Gasteiger partial charge in [0.05, 0.1) is 0 Å². The topological polar surface area (TPSA) is 147 Å². The number of nitro groups is 1. The predicted molar refractivity (Wildman–Crippen MR) is 62.3 cm³/mol. The molecule has 10 nitrogen and oxygen atoms in total. The van der Waals surface area contributed by atoms with Gasteiger partial charge in [0.1, 0.15) is 0 Å². The zero-order chi connectivity index (χ0) is 14.0. The number of nitrogens with one attached hydrogen (secondary N) is 2. The highest BCUT2D eigenvalue weighted by atomic mass is 16.6. The van der Waals surface area contributed by atoms with Crippen molar-refractivity contribution in [3.8, 4) is 0 Å². The molecule has 0 unspecified atom stereocenters. The van der Waals surface area contributed by atoms with Crippen molar-refractivity contribution in [3.63, 3.8) is 0 Å². The predicted octanol–water partition coefficient (Wildman–Crippen LogP) is 0.858. The van der Waals surface area contributed by atoms with Crippen LogP contribution in [0.15, 0.2) is 12.1 Å². The second-order valence-corrected chi connectivity index (χ2v) is 3.56. The fraction of sp³-hybridized carbons (Fsp3) is 0.111. The number of carboxylic acids is 1. The van der Waals surface area contributed by atoms with Crippen molar-refractivity contribution >= 4 is 23.6 Å². The Morgan fingerprint density at radius 1 is 1.42 bits per heavy atom. The summed E-state index contributed by atoms with van der Waals surface area (Å²) in [6.45, 7) is 1.77. The fourth-order valence-corrected chi connectivity index (χ4v) is 1.30. The van der Waals surface area contributed by atoms with E-state index in [1.807, 2.05) is 0 Å². The van der Waals surface area contributed by atoms with Crippen LogP contribution in [0, 0.1) is 17.0 Å². The molecule has 0 fully saturated rings. The van der Waals surface area contributed by atoms with Crippen molar-refractivity contribution in [3.05, 3.63) is 33.6 Å². The van der Waals surface area contributed by atoms with Crippen LogP contribution in [0.5, 0.6) is 0 Å². The number of aromatic amines is 1. The van der Waals surface area contributed by atoms with Crippen molar-refractivity contribution in [1.82, 2.24) is 20.2 Å². The highest BCUT2D eigenvalue weighted by Crippen LogP contribution is 2.16. The number of aromatic carboxylic acids is 1. The van der Waals surface area contributed by atoms with Crippen LogP contribution in [0.1, 0.15) is 16.2 Å². The number of carboxylic acid groups (broad SMARTS) is 1. The molecular formula is C9H8N6O4. The second-order valence-electron chi connectivity index (χ2n) is 3.56. The van der Waals surface area contributed by atoms with Gasteiger partial charge < -0.3 is 20.5 Å². The van der Waals surface area contributed by atoms with E-state index in [1.165, 1.54) is 0 Å². The first-order valence-electron chi connectivity index (χ1n) is 5.01. The summed E-state index contributed by atoms with van der Waals surface area (Å²) in [7, 11) is 0. The third kappa shape index (κ3) is 2.80. The second kappa shape index (κ2) is 4.68. The van der Waals surface area contributed by atoms with Gasteiger partial charge in [-0.25, -0.2) is 4.79 Å². The monoisotopic (exact) mass is 264 g/mol. The highest BCUT2D eigenvalue weighted by Gasteiger charge is 2.20. The van der Waals surface area contributed by atoms with Crippen molar-refractivity contribution in [2.45, 2.75) is 6.92 Å². The van der Waals surface area contributed by atoms with E-state index >= 15 is 0 Å². The first-order valence-corrected chi connectivity index (χ1v) is 5.01. The van der Waals surface area contributed by atoms with Gasteiger partial charge in [0.25, 0.3) is 0 Å². The van der Waals surface area contributed by atoms with Gasteiger partial charge in [-0.15, -0.1) is 0 Å². The highest BCUT2D eigenvalue weighted by molar-refractivity contribution is 5.86. The van der Waals surface area contributed by atoms with E-state index in [1.54, 1.807) is 13.0 Å². The smallest absolute Gasteiger partial charge is 0.471 e. The molecule has 2 aromatic rings. The number of rotatable bonds is 4. The van der Waals surface area contributed by atoms with Crippen molar-refractivity contribution in [2.24, 2.45) is 0 Å². The number of nitrogens with zero attached hydrogens (tertiary/aromatic N) is 4. The van der Waals surface area contributed by atoms with Gasteiger partial charge in [-0.3, -0.25) is 5.10 Å². The van der Waals surface area contributed by atoms with Crippen LogP contribution in [0.2, 0.25) is 0 Å². The number of carbonyl (C=O) groups is 1. The van der Waals surface area contributed by atoms with E-state index in [0.717, 1.165) is 11.8 Å². The van der Waals surface area contributed by atoms with E-state index in [0.29, 0.717) is 5.82 Å². The molecule has 0 amide bonds. The Labute approximate surface area is 105 Å². The lowest BCUT2D eigenvalue weighted by molar-refractivity contribution is -0.394. The molecule has 0 bridgehead atoms. The Morgan fingerprint density at radius 3 is 2.68 bits per heavy atom. The Morgan fingerprint density at radius 2 is 2.16 bits per heavy atom. The summed E-state index contributed by atoms with van der Waals surface area (Å²) >= 11 is 0. The van der Waals surface area contributed by atoms with E-state index in [-0.39, 0.29) is 5.82 Å². The summed E-state index contributed by atoms with van der Waals surface area (Å²) in [4.78, 5) is 27.5. The Hall–Kier alpha value is -3.04. The maximum absolute atomic E-state index is 10.8. The zero-order valence-corrected chi connectivity index (χ0v) is 9.62. The van der Waals surface area contributed by atoms with E-state index in [9.17, 15) is 14.9 Å². The molecule has 19 heavy (non-hydrogen) atoms. The molecule has 0 aliphatic heterocycles. The molecule has 2 heterocycles. The molecular weight excluding hydrogens is 256 g/mol. The van der Waals surface area contributed by atoms with Crippen molar-refractivity contribution in [1.29, 1.82) is 0 Å². The van der Waals surface area contributed by atoms with Crippen LogP contribution in [0.3, 0.4) is 0 Å². The van der Waals surface area contributed by atoms with Gasteiger partial charge >= 0.3 is 11.9 Å². The normalized spacial score (nSPS) is 10.2. The van der Waals surface area contributed by atoms with Crippen LogP contribution in [-0.2, 0) is 0 Å². The molecule has 2 aromatic heterocycles. The molecule has 0 atom stereocenters. The van der Waals surface area contributed by atoms with Crippen LogP contribution in [-0.4, -0.2) is 36.2 Å². The average molecular weight is 264 g/mol. The van der Waals surface area contributed by atoms with Gasteiger partial charge in [-0.05, 0) is 16.8 Å². The summed E-state index contributed by atoms with van der Waals surface area (Å²) in [6, 6.07) is 2.72. The molecule has 0 spiro atoms. The minimum Gasteiger partial charge on any atom is -0.475 e. The molecule has 10 heteroatoms. The lowest BCUT2D eigenvalue weighted by Crippen LogP contribution is -2.07. The summed E-state index contributed by atoms with van der Waals surface area (Å²) in [5.41, 5.74) is 0.293. The lowest BCUT2D eigenvalue weighted by atomic mass is 10.4. The van der Waals surface area contributed by atoms with Gasteiger partial charge in [-0.2, -0.15) is 5.10 Å². The quantitative estimate of drug-likeness (QED) is 0.544. The summed E-state index contributed by atoms with van der Waals surface area (Å²) in [5, 5.41) is 28.6. The molecule has 0 saturated carbocycles. The van der Waals surface area contributed by atoms with Gasteiger partial charge in [-0.1, -0.05) is 4.98 Å². The first-order chi connectivity index (χ1) is 8.95. The lowest BCUT2D eigenvalue weighted by Gasteiger charge is -1.99. The average Bonchev–Trinajstić information content (AvgIpc) is 2.74. The largest absolute Gasteiger partial charge is 0.475 e. The number of hydrogen-bond acceptors (Lipinski definition) is 7. The number of aromatic nitrogens is 4. The maximum atomic E-state index is 10.8. The number of hydrogen-bond donors (Lipinski definition) is 3. The fourth-order valence-electron chi connectivity index (χ4n) is 1.30. The summed E-state index contributed by atoms with van der Waals surface area (Å²) in [5.74, 6) is -1.84. The minimum atomic E-state index is -1.38. The zero-order valence-electron chi connectivity index (χ0n) is 9.62. The molecule has 98 valence electrons. The summed E-state index contributed by atoms with van der Waals surface area (Å²) in [6.07, 6.45) is 0. The van der Waals surface area contributed by atoms with E-state index in [2.05, 4.69) is 25.5 Å². The van der Waals surface area contributed by atoms with Crippen LogP contribution in [0.4, 0.5) is 17.6 Å². The molecule has 2 rings (SSSR count). The number of anilines is 2. The minimum absolute atomic E-state index is 0.0226. The van der Waals surface area contributed by atoms with Crippen LogP contribution < -0.4 is 5.32 Å². The first kappa shape index (κ1) is 12.4. The molecule has 0 aliphatic carbocycles. The Balaban J connectivity index is 2.38. The van der Waals surface area contributed by atoms with Crippen molar-refractivity contribution < 1.29 is 14.8 Å². The van der Waals surface area contributed by atoms with Crippen LogP contribution >= 0.6 is 0 Å². The maximum Gasteiger partial charge on any atom is 0.471 e. The molecule has 0 saturated heterocycles. The van der Waals surface area contributed by atoms with Gasteiger partial charge in [0.2, 0.25) is 11.5 Å². The van der Waals surface area contributed by atoms with E-state index in [4.69, 9.17) is 5.11 Å². The molecule has 0 aromatic carbocycles. The molecule has 0 aliphatic rings. The Kier molecular flexibility index (Phi) is 3.06. The standard InChI is InChI=1S/C9H8N6O4/c1-4-2-7(14-13-4)11-6-3-5(8(16)17)10-9(12-6)15(18)19/h2-3H,1H3,(H,16,17)(H2,10,11,12,13,14).